The standard InChI is InChI=1S/C10H7Cl2N3OS/c1-15-7(16)4-6(14-10(15)17)5-2-3-13-9(12)8(5)11/h2-4H,1H3,(H,14,17). The van der Waals surface area contributed by atoms with Crippen molar-refractivity contribution in [1.29, 1.82) is 0 Å². The van der Waals surface area contributed by atoms with E-state index < -0.39 is 0 Å². The highest BCUT2D eigenvalue weighted by molar-refractivity contribution is 7.71. The second kappa shape index (κ2) is 4.60. The monoisotopic (exact) mass is 287 g/mol. The van der Waals surface area contributed by atoms with Crippen molar-refractivity contribution in [2.24, 2.45) is 7.05 Å². The fraction of sp³-hybridized carbons (Fsp3) is 0.100. The summed E-state index contributed by atoms with van der Waals surface area (Å²) in [5, 5.41) is 0.470. The van der Waals surface area contributed by atoms with Gasteiger partial charge in [-0.2, -0.15) is 0 Å². The predicted molar refractivity (Wildman–Crippen MR) is 70.1 cm³/mol. The predicted octanol–water partition coefficient (Wildman–Crippen LogP) is 2.81. The smallest absolute Gasteiger partial charge is 0.254 e. The topological polar surface area (TPSA) is 50.7 Å². The maximum absolute atomic E-state index is 11.6. The van der Waals surface area contributed by atoms with Gasteiger partial charge in [0.05, 0.1) is 10.7 Å². The summed E-state index contributed by atoms with van der Waals surface area (Å²) in [6, 6.07) is 3.07. The van der Waals surface area contributed by atoms with Crippen LogP contribution in [0.25, 0.3) is 11.3 Å². The average molecular weight is 288 g/mol. The van der Waals surface area contributed by atoms with E-state index >= 15 is 0 Å². The molecule has 88 valence electrons. The molecule has 0 fully saturated rings. The first kappa shape index (κ1) is 12.3. The molecule has 17 heavy (non-hydrogen) atoms. The lowest BCUT2D eigenvalue weighted by Crippen LogP contribution is -2.17. The Balaban J connectivity index is 2.74. The van der Waals surface area contributed by atoms with Crippen LogP contribution < -0.4 is 5.56 Å². The van der Waals surface area contributed by atoms with E-state index in [1.807, 2.05) is 0 Å². The van der Waals surface area contributed by atoms with Gasteiger partial charge in [0.25, 0.3) is 5.56 Å². The summed E-state index contributed by atoms with van der Waals surface area (Å²) in [4.78, 5) is 18.4. The highest BCUT2D eigenvalue weighted by atomic mass is 35.5. The minimum Gasteiger partial charge on any atom is -0.332 e. The van der Waals surface area contributed by atoms with Gasteiger partial charge in [0.15, 0.2) is 4.77 Å². The Hall–Kier alpha value is -1.17. The summed E-state index contributed by atoms with van der Waals surface area (Å²) < 4.78 is 1.65. The zero-order valence-electron chi connectivity index (χ0n) is 8.70. The van der Waals surface area contributed by atoms with E-state index in [1.165, 1.54) is 16.8 Å². The van der Waals surface area contributed by atoms with Gasteiger partial charge in [0.1, 0.15) is 5.15 Å². The minimum atomic E-state index is -0.215. The molecule has 0 unspecified atom stereocenters. The molecule has 0 spiro atoms. The molecule has 1 N–H and O–H groups in total. The molecular formula is C10H7Cl2N3OS. The average Bonchev–Trinajstić information content (AvgIpc) is 2.29. The highest BCUT2D eigenvalue weighted by Crippen LogP contribution is 2.29. The van der Waals surface area contributed by atoms with Crippen LogP contribution in [0.15, 0.2) is 23.1 Å². The van der Waals surface area contributed by atoms with Gasteiger partial charge in [0.2, 0.25) is 0 Å². The first-order valence-electron chi connectivity index (χ1n) is 4.61. The molecule has 0 radical (unpaired) electrons. The second-order valence-electron chi connectivity index (χ2n) is 3.35. The molecule has 4 nitrogen and oxygen atoms in total. The van der Waals surface area contributed by atoms with Crippen molar-refractivity contribution >= 4 is 35.4 Å². The Labute approximate surface area is 112 Å². The molecule has 0 atom stereocenters. The third-order valence-corrected chi connectivity index (χ3v) is 3.42. The van der Waals surface area contributed by atoms with Crippen molar-refractivity contribution < 1.29 is 0 Å². The lowest BCUT2D eigenvalue weighted by molar-refractivity contribution is 0.808. The van der Waals surface area contributed by atoms with Crippen LogP contribution in [0.3, 0.4) is 0 Å². The molecule has 7 heteroatoms. The molecule has 0 aromatic carbocycles. The number of H-pyrrole nitrogens is 1. The van der Waals surface area contributed by atoms with Gasteiger partial charge in [-0.15, -0.1) is 0 Å². The van der Waals surface area contributed by atoms with Crippen LogP contribution in [0.4, 0.5) is 0 Å². The fourth-order valence-corrected chi connectivity index (χ4v) is 1.90. The maximum atomic E-state index is 11.6. The van der Waals surface area contributed by atoms with Gasteiger partial charge >= 0.3 is 0 Å². The number of halogens is 2. The SMILES string of the molecule is Cn1c(=O)cc(-c2ccnc(Cl)c2Cl)[nH]c1=S. The van der Waals surface area contributed by atoms with E-state index in [9.17, 15) is 4.79 Å². The molecule has 0 aliphatic heterocycles. The molecule has 0 bridgehead atoms. The van der Waals surface area contributed by atoms with Crippen LogP contribution in [0.1, 0.15) is 0 Å². The van der Waals surface area contributed by atoms with Gasteiger partial charge in [-0.3, -0.25) is 9.36 Å². The Kier molecular flexibility index (Phi) is 3.33. The number of hydrogen-bond acceptors (Lipinski definition) is 3. The van der Waals surface area contributed by atoms with E-state index in [4.69, 9.17) is 35.4 Å². The third kappa shape index (κ3) is 2.26. The van der Waals surface area contributed by atoms with E-state index in [0.717, 1.165) is 0 Å². The number of pyridine rings is 1. The van der Waals surface area contributed by atoms with Crippen molar-refractivity contribution in [2.75, 3.05) is 0 Å². The number of aromatic amines is 1. The summed E-state index contributed by atoms with van der Waals surface area (Å²) in [5.41, 5.74) is 0.899. The molecule has 2 aromatic rings. The molecule has 0 aliphatic rings. The quantitative estimate of drug-likeness (QED) is 0.648. The fourth-order valence-electron chi connectivity index (χ4n) is 1.33. The van der Waals surface area contributed by atoms with Crippen molar-refractivity contribution in [1.82, 2.24) is 14.5 Å². The summed E-state index contributed by atoms with van der Waals surface area (Å²) in [7, 11) is 1.59. The number of aromatic nitrogens is 3. The molecular weight excluding hydrogens is 281 g/mol. The van der Waals surface area contributed by atoms with E-state index in [-0.39, 0.29) is 15.7 Å². The van der Waals surface area contributed by atoms with Crippen LogP contribution in [-0.2, 0) is 7.05 Å². The van der Waals surface area contributed by atoms with E-state index in [2.05, 4.69) is 9.97 Å². The van der Waals surface area contributed by atoms with Crippen LogP contribution in [0, 0.1) is 4.77 Å². The van der Waals surface area contributed by atoms with Gasteiger partial charge < -0.3 is 4.98 Å². The lowest BCUT2D eigenvalue weighted by Gasteiger charge is -2.06. The minimum absolute atomic E-state index is 0.184. The largest absolute Gasteiger partial charge is 0.332 e. The normalized spacial score (nSPS) is 10.5. The number of hydrogen-bond donors (Lipinski definition) is 1. The molecule has 0 aliphatic carbocycles. The van der Waals surface area contributed by atoms with Crippen LogP contribution in [0.5, 0.6) is 0 Å². The number of nitrogens with zero attached hydrogens (tertiary/aromatic N) is 2. The third-order valence-electron chi connectivity index (χ3n) is 2.28. The summed E-state index contributed by atoms with van der Waals surface area (Å²) in [6.07, 6.45) is 1.51. The van der Waals surface area contributed by atoms with Crippen molar-refractivity contribution in [3.8, 4) is 11.3 Å². The molecule has 2 aromatic heterocycles. The van der Waals surface area contributed by atoms with E-state index in [0.29, 0.717) is 16.0 Å². The number of rotatable bonds is 1. The van der Waals surface area contributed by atoms with Crippen molar-refractivity contribution in [2.45, 2.75) is 0 Å². The molecule has 2 heterocycles. The summed E-state index contributed by atoms with van der Waals surface area (Å²) in [6.45, 7) is 0. The molecule has 0 saturated heterocycles. The first-order chi connectivity index (χ1) is 8.00. The Bertz CT molecular complexity index is 661. The first-order valence-corrected chi connectivity index (χ1v) is 5.78. The Morgan fingerprint density at radius 2 is 2.18 bits per heavy atom. The Morgan fingerprint density at radius 1 is 1.47 bits per heavy atom. The van der Waals surface area contributed by atoms with Crippen molar-refractivity contribution in [3.63, 3.8) is 0 Å². The zero-order chi connectivity index (χ0) is 12.6. The van der Waals surface area contributed by atoms with Crippen LogP contribution >= 0.6 is 35.4 Å². The molecule has 2 rings (SSSR count). The molecule has 0 amide bonds. The van der Waals surface area contributed by atoms with Gasteiger partial charge in [-0.05, 0) is 18.3 Å². The van der Waals surface area contributed by atoms with Crippen LogP contribution in [0.2, 0.25) is 10.2 Å². The zero-order valence-corrected chi connectivity index (χ0v) is 11.0. The summed E-state index contributed by atoms with van der Waals surface area (Å²) in [5.74, 6) is 0. The lowest BCUT2D eigenvalue weighted by atomic mass is 10.2. The van der Waals surface area contributed by atoms with Gasteiger partial charge in [-0.25, -0.2) is 4.98 Å². The molecule has 0 saturated carbocycles. The number of nitrogens with one attached hydrogen (secondary N) is 1. The van der Waals surface area contributed by atoms with Crippen LogP contribution in [-0.4, -0.2) is 14.5 Å². The highest BCUT2D eigenvalue weighted by Gasteiger charge is 2.09. The summed E-state index contributed by atoms with van der Waals surface area (Å²) >= 11 is 16.8. The van der Waals surface area contributed by atoms with Crippen molar-refractivity contribution in [3.05, 3.63) is 43.6 Å². The van der Waals surface area contributed by atoms with Gasteiger partial charge in [0, 0.05) is 24.9 Å². The Morgan fingerprint density at radius 3 is 2.82 bits per heavy atom. The van der Waals surface area contributed by atoms with E-state index in [1.54, 1.807) is 13.1 Å². The maximum Gasteiger partial charge on any atom is 0.254 e. The second-order valence-corrected chi connectivity index (χ2v) is 4.47. The van der Waals surface area contributed by atoms with Gasteiger partial charge in [-0.1, -0.05) is 23.2 Å².